The fourth-order valence-electron chi connectivity index (χ4n) is 3.90. The van der Waals surface area contributed by atoms with Crippen LogP contribution in [0.15, 0.2) is 36.5 Å². The molecule has 4 rings (SSSR count). The van der Waals surface area contributed by atoms with Crippen LogP contribution in [0.5, 0.6) is 0 Å². The molecule has 1 aliphatic heterocycles. The van der Waals surface area contributed by atoms with Crippen molar-refractivity contribution in [1.82, 2.24) is 19.5 Å². The van der Waals surface area contributed by atoms with Gasteiger partial charge in [0.25, 0.3) is 5.91 Å². The summed E-state index contributed by atoms with van der Waals surface area (Å²) >= 11 is 6.34. The summed E-state index contributed by atoms with van der Waals surface area (Å²) < 4.78 is 1.84. The number of anilines is 1. The maximum Gasteiger partial charge on any atom is 0.257 e. The summed E-state index contributed by atoms with van der Waals surface area (Å²) in [6, 6.07) is 9.86. The Morgan fingerprint density at radius 3 is 2.47 bits per heavy atom. The number of aromatic nitrogens is 3. The molecule has 0 atom stereocenters. The first-order valence-corrected chi connectivity index (χ1v) is 10.8. The second-order valence-corrected chi connectivity index (χ2v) is 9.16. The van der Waals surface area contributed by atoms with Crippen LogP contribution in [0.3, 0.4) is 0 Å². The normalized spacial score (nSPS) is 15.1. The van der Waals surface area contributed by atoms with Crippen LogP contribution >= 0.6 is 11.6 Å². The molecule has 1 aromatic carbocycles. The van der Waals surface area contributed by atoms with Crippen LogP contribution in [0.1, 0.15) is 49.4 Å². The van der Waals surface area contributed by atoms with E-state index in [0.29, 0.717) is 25.1 Å². The van der Waals surface area contributed by atoms with Gasteiger partial charge in [0.05, 0.1) is 27.7 Å². The summed E-state index contributed by atoms with van der Waals surface area (Å²) in [5.74, 6) is 0.0212. The number of para-hydroxylation sites is 1. The lowest BCUT2D eigenvalue weighted by atomic mass is 9.93. The second kappa shape index (κ2) is 7.91. The molecule has 158 valence electrons. The number of aryl methyl sites for hydroxylation is 1. The second-order valence-electron chi connectivity index (χ2n) is 8.75. The number of halogens is 1. The average Bonchev–Trinajstić information content (AvgIpc) is 3.18. The Hall–Kier alpha value is -2.60. The molecule has 6 nitrogen and oxygen atoms in total. The molecule has 1 aliphatic rings. The third-order valence-corrected chi connectivity index (χ3v) is 6.00. The summed E-state index contributed by atoms with van der Waals surface area (Å²) in [5.41, 5.74) is 4.26. The van der Waals surface area contributed by atoms with E-state index >= 15 is 0 Å². The predicted molar refractivity (Wildman–Crippen MR) is 121 cm³/mol. The molecule has 3 heterocycles. The van der Waals surface area contributed by atoms with Crippen LogP contribution in [0.25, 0.3) is 5.65 Å². The Labute approximate surface area is 182 Å². The highest BCUT2D eigenvalue weighted by Crippen LogP contribution is 2.27. The molecule has 0 spiro atoms. The van der Waals surface area contributed by atoms with E-state index in [-0.39, 0.29) is 11.3 Å². The lowest BCUT2D eigenvalue weighted by Crippen LogP contribution is -2.49. The topological polar surface area (TPSA) is 53.7 Å². The average molecular weight is 426 g/mol. The molecule has 3 aromatic rings. The Balaban J connectivity index is 1.57. The maximum absolute atomic E-state index is 13.3. The Morgan fingerprint density at radius 1 is 1.13 bits per heavy atom. The van der Waals surface area contributed by atoms with Gasteiger partial charge in [-0.3, -0.25) is 4.79 Å². The fraction of sp³-hybridized carbons (Fsp3) is 0.435. The van der Waals surface area contributed by atoms with Gasteiger partial charge < -0.3 is 9.80 Å². The van der Waals surface area contributed by atoms with Gasteiger partial charge in [0.15, 0.2) is 5.65 Å². The first-order chi connectivity index (χ1) is 14.3. The number of amides is 1. The van der Waals surface area contributed by atoms with Gasteiger partial charge in [0.2, 0.25) is 0 Å². The fourth-order valence-corrected chi connectivity index (χ4v) is 4.15. The molecular formula is C23H28ClN5O. The molecule has 1 saturated heterocycles. The summed E-state index contributed by atoms with van der Waals surface area (Å²) in [5, 5.41) is 5.51. The standard InChI is InChI=1S/C23H28ClN5O/c1-5-18-16(15-25-21-14-20(23(2,3)4)26-29(18)21)22(30)28-12-10-27(11-13-28)19-9-7-6-8-17(19)24/h6-9,14-15H,5,10-13H2,1-4H3. The van der Waals surface area contributed by atoms with Gasteiger partial charge in [-0.05, 0) is 18.6 Å². The lowest BCUT2D eigenvalue weighted by molar-refractivity contribution is 0.0744. The van der Waals surface area contributed by atoms with Crippen LogP contribution in [0.2, 0.25) is 5.02 Å². The monoisotopic (exact) mass is 425 g/mol. The summed E-state index contributed by atoms with van der Waals surface area (Å²) in [6.07, 6.45) is 2.43. The number of carbonyl (C=O) groups excluding carboxylic acids is 1. The van der Waals surface area contributed by atoms with Crippen LogP contribution in [-0.2, 0) is 11.8 Å². The van der Waals surface area contributed by atoms with Crippen molar-refractivity contribution in [2.24, 2.45) is 0 Å². The SMILES string of the molecule is CCc1c(C(=O)N2CCN(c3ccccc3Cl)CC2)cnc2cc(C(C)(C)C)nn12. The molecule has 0 aliphatic carbocycles. The van der Waals surface area contributed by atoms with Gasteiger partial charge in [0.1, 0.15) is 0 Å². The molecule has 7 heteroatoms. The predicted octanol–water partition coefficient (Wildman–Crippen LogP) is 4.21. The largest absolute Gasteiger partial charge is 0.367 e. The van der Waals surface area contributed by atoms with Gasteiger partial charge in [-0.2, -0.15) is 5.10 Å². The van der Waals surface area contributed by atoms with Crippen LogP contribution in [0.4, 0.5) is 5.69 Å². The van der Waals surface area contributed by atoms with E-state index in [2.05, 4.69) is 37.6 Å². The van der Waals surface area contributed by atoms with Crippen molar-refractivity contribution in [1.29, 1.82) is 0 Å². The molecule has 0 N–H and O–H groups in total. The summed E-state index contributed by atoms with van der Waals surface area (Å²) in [6.45, 7) is 11.3. The van der Waals surface area contributed by atoms with Gasteiger partial charge in [0, 0.05) is 43.9 Å². The molecule has 30 heavy (non-hydrogen) atoms. The highest BCUT2D eigenvalue weighted by molar-refractivity contribution is 6.33. The Kier molecular flexibility index (Phi) is 5.45. The van der Waals surface area contributed by atoms with Crippen molar-refractivity contribution >= 4 is 28.8 Å². The smallest absolute Gasteiger partial charge is 0.257 e. The van der Waals surface area contributed by atoms with Crippen molar-refractivity contribution in [3.8, 4) is 0 Å². The number of carbonyl (C=O) groups is 1. The quantitative estimate of drug-likeness (QED) is 0.630. The molecular weight excluding hydrogens is 398 g/mol. The zero-order valence-electron chi connectivity index (χ0n) is 18.0. The summed E-state index contributed by atoms with van der Waals surface area (Å²) in [7, 11) is 0. The molecule has 0 saturated carbocycles. The number of hydrogen-bond acceptors (Lipinski definition) is 4. The third kappa shape index (κ3) is 3.76. The van der Waals surface area contributed by atoms with E-state index in [1.807, 2.05) is 39.7 Å². The first kappa shape index (κ1) is 20.7. The van der Waals surface area contributed by atoms with Crippen LogP contribution in [0, 0.1) is 0 Å². The third-order valence-electron chi connectivity index (χ3n) is 5.68. The summed E-state index contributed by atoms with van der Waals surface area (Å²) in [4.78, 5) is 22.0. The van der Waals surface area contributed by atoms with Gasteiger partial charge >= 0.3 is 0 Å². The maximum atomic E-state index is 13.3. The minimum Gasteiger partial charge on any atom is -0.367 e. The van der Waals surface area contributed by atoms with Crippen LogP contribution < -0.4 is 4.90 Å². The van der Waals surface area contributed by atoms with Crippen molar-refractivity contribution in [3.05, 3.63) is 58.5 Å². The van der Waals surface area contributed by atoms with Gasteiger partial charge in [-0.25, -0.2) is 9.50 Å². The van der Waals surface area contributed by atoms with E-state index in [0.717, 1.165) is 40.8 Å². The molecule has 0 radical (unpaired) electrons. The van der Waals surface area contributed by atoms with Crippen molar-refractivity contribution in [2.75, 3.05) is 31.1 Å². The van der Waals surface area contributed by atoms with E-state index in [4.69, 9.17) is 16.7 Å². The van der Waals surface area contributed by atoms with Crippen molar-refractivity contribution < 1.29 is 4.79 Å². The lowest BCUT2D eigenvalue weighted by Gasteiger charge is -2.36. The van der Waals surface area contributed by atoms with E-state index in [9.17, 15) is 4.79 Å². The number of benzene rings is 1. The van der Waals surface area contributed by atoms with E-state index in [1.165, 1.54) is 0 Å². The van der Waals surface area contributed by atoms with Gasteiger partial charge in [-0.15, -0.1) is 0 Å². The van der Waals surface area contributed by atoms with E-state index in [1.54, 1.807) is 6.20 Å². The molecule has 1 amide bonds. The number of rotatable bonds is 3. The Bertz CT molecular complexity index is 1080. The number of nitrogens with zero attached hydrogens (tertiary/aromatic N) is 5. The Morgan fingerprint density at radius 2 is 1.83 bits per heavy atom. The van der Waals surface area contributed by atoms with E-state index < -0.39 is 0 Å². The van der Waals surface area contributed by atoms with Crippen molar-refractivity contribution in [3.63, 3.8) is 0 Å². The minimum atomic E-state index is -0.0715. The van der Waals surface area contributed by atoms with Crippen molar-refractivity contribution in [2.45, 2.75) is 39.5 Å². The molecule has 2 aromatic heterocycles. The number of hydrogen-bond donors (Lipinski definition) is 0. The van der Waals surface area contributed by atoms with Crippen LogP contribution in [-0.4, -0.2) is 51.6 Å². The molecule has 0 bridgehead atoms. The number of piperazine rings is 1. The highest BCUT2D eigenvalue weighted by Gasteiger charge is 2.27. The number of fused-ring (bicyclic) bond motifs is 1. The van der Waals surface area contributed by atoms with Gasteiger partial charge in [-0.1, -0.05) is 51.4 Å². The molecule has 1 fully saturated rings. The highest BCUT2D eigenvalue weighted by atomic mass is 35.5. The molecule has 0 unspecified atom stereocenters. The first-order valence-electron chi connectivity index (χ1n) is 10.5. The zero-order chi connectivity index (χ0) is 21.5. The zero-order valence-corrected chi connectivity index (χ0v) is 18.8. The minimum absolute atomic E-state index is 0.0212.